The van der Waals surface area contributed by atoms with Gasteiger partial charge in [0.05, 0.1) is 24.3 Å². The van der Waals surface area contributed by atoms with Gasteiger partial charge in [-0.3, -0.25) is 24.1 Å². The van der Waals surface area contributed by atoms with Crippen molar-refractivity contribution >= 4 is 41.0 Å². The standard InChI is InChI=1S/C45H53N5O8/c1-4-37(5-2)50(26-25-49(3)40(51)23-24-41(52)53)28-33-7-6-8-35(27-33)43(54)47-38-21-22-39(58-29-32-11-12-32)48-42(38)44(55)46-36-19-15-31(16-20-36)10-9-30-13-17-34(18-14-30)45(56)57/h6-8,13-22,27,32,37H,4-5,9-12,23-26,28-29H2,1-3H3,(H,46,55)(H,47,54)(H,52,53)(H,56,57). The molecule has 0 spiro atoms. The SMILES string of the molecule is CCC(CC)N(CCN(C)C(=O)CCC(=O)O)Cc1cccc(C(=O)Nc2ccc(OCC3CC3)nc2C(=O)Nc2ccc(CCc3ccc(C(=O)O)cc3)cc2)c1. The van der Waals surface area contributed by atoms with E-state index in [0.29, 0.717) is 49.3 Å². The molecule has 3 aromatic carbocycles. The van der Waals surface area contributed by atoms with Gasteiger partial charge in [0.25, 0.3) is 11.8 Å². The average Bonchev–Trinajstić information content (AvgIpc) is 4.06. The number of hydrogen-bond donors (Lipinski definition) is 4. The molecule has 4 N–H and O–H groups in total. The summed E-state index contributed by atoms with van der Waals surface area (Å²) in [6, 6.07) is 25.1. The van der Waals surface area contributed by atoms with Crippen molar-refractivity contribution in [3.05, 3.63) is 118 Å². The number of carboxylic acids is 2. The Bertz CT molecular complexity index is 2040. The number of nitrogens with zero attached hydrogens (tertiary/aromatic N) is 3. The summed E-state index contributed by atoms with van der Waals surface area (Å²) in [5, 5.41) is 23.9. The van der Waals surface area contributed by atoms with Crippen molar-refractivity contribution in [2.45, 2.75) is 77.8 Å². The van der Waals surface area contributed by atoms with E-state index >= 15 is 0 Å². The number of pyridine rings is 1. The molecule has 58 heavy (non-hydrogen) atoms. The van der Waals surface area contributed by atoms with Crippen LogP contribution in [0.3, 0.4) is 0 Å². The van der Waals surface area contributed by atoms with Gasteiger partial charge in [-0.15, -0.1) is 0 Å². The second kappa shape index (κ2) is 20.9. The Labute approximate surface area is 339 Å². The fraction of sp³-hybridized carbons (Fsp3) is 0.378. The number of aliphatic carboxylic acids is 1. The second-order valence-corrected chi connectivity index (χ2v) is 14.8. The molecule has 5 rings (SSSR count). The van der Waals surface area contributed by atoms with E-state index in [1.807, 2.05) is 42.5 Å². The van der Waals surface area contributed by atoms with Gasteiger partial charge in [0.15, 0.2) is 5.69 Å². The topological polar surface area (TPSA) is 178 Å². The van der Waals surface area contributed by atoms with Crippen molar-refractivity contribution in [1.29, 1.82) is 0 Å². The number of ether oxygens (including phenoxy) is 1. The van der Waals surface area contributed by atoms with Crippen LogP contribution in [0, 0.1) is 5.92 Å². The third kappa shape index (κ3) is 13.0. The van der Waals surface area contributed by atoms with E-state index in [0.717, 1.165) is 55.2 Å². The molecule has 4 aromatic rings. The van der Waals surface area contributed by atoms with Crippen LogP contribution in [0.1, 0.15) is 100 Å². The van der Waals surface area contributed by atoms with Crippen LogP contribution >= 0.6 is 0 Å². The van der Waals surface area contributed by atoms with Gasteiger partial charge in [0.1, 0.15) is 0 Å². The molecule has 0 aliphatic heterocycles. The lowest BCUT2D eigenvalue weighted by Gasteiger charge is -2.32. The summed E-state index contributed by atoms with van der Waals surface area (Å²) in [7, 11) is 1.68. The van der Waals surface area contributed by atoms with Crippen LogP contribution in [0.2, 0.25) is 0 Å². The van der Waals surface area contributed by atoms with E-state index in [1.54, 1.807) is 54.4 Å². The van der Waals surface area contributed by atoms with Gasteiger partial charge in [0, 0.05) is 56.5 Å². The monoisotopic (exact) mass is 791 g/mol. The maximum Gasteiger partial charge on any atom is 0.335 e. The molecule has 13 nitrogen and oxygen atoms in total. The number of aryl methyl sites for hydroxylation is 2. The highest BCUT2D eigenvalue weighted by Gasteiger charge is 2.24. The van der Waals surface area contributed by atoms with Gasteiger partial charge in [0.2, 0.25) is 11.8 Å². The summed E-state index contributed by atoms with van der Waals surface area (Å²) >= 11 is 0. The summed E-state index contributed by atoms with van der Waals surface area (Å²) in [6.45, 7) is 6.27. The van der Waals surface area contributed by atoms with Crippen molar-refractivity contribution in [2.75, 3.05) is 37.4 Å². The Kier molecular flexibility index (Phi) is 15.5. The number of carbonyl (C=O) groups excluding carboxylic acids is 3. The van der Waals surface area contributed by atoms with Gasteiger partial charge in [-0.1, -0.05) is 50.2 Å². The Morgan fingerprint density at radius 1 is 0.776 bits per heavy atom. The number of carboxylic acid groups (broad SMARTS) is 2. The van der Waals surface area contributed by atoms with Gasteiger partial charge in [-0.05, 0) is 104 Å². The van der Waals surface area contributed by atoms with E-state index in [-0.39, 0.29) is 41.7 Å². The molecule has 0 radical (unpaired) electrons. The maximum atomic E-state index is 13.8. The van der Waals surface area contributed by atoms with Gasteiger partial charge in [-0.2, -0.15) is 0 Å². The number of aromatic carboxylic acids is 1. The zero-order valence-electron chi connectivity index (χ0n) is 33.4. The molecular formula is C45H53N5O8. The highest BCUT2D eigenvalue weighted by atomic mass is 16.5. The molecule has 1 aromatic heterocycles. The zero-order valence-corrected chi connectivity index (χ0v) is 33.4. The Balaban J connectivity index is 1.26. The third-order valence-electron chi connectivity index (χ3n) is 10.3. The van der Waals surface area contributed by atoms with Crippen LogP contribution in [0.5, 0.6) is 5.88 Å². The molecule has 13 heteroatoms. The van der Waals surface area contributed by atoms with Crippen LogP contribution in [0.4, 0.5) is 11.4 Å². The van der Waals surface area contributed by atoms with E-state index in [1.165, 1.54) is 0 Å². The van der Waals surface area contributed by atoms with E-state index < -0.39 is 23.8 Å². The van der Waals surface area contributed by atoms with E-state index in [4.69, 9.17) is 14.9 Å². The lowest BCUT2D eigenvalue weighted by molar-refractivity contribution is -0.140. The number of amides is 3. The van der Waals surface area contributed by atoms with Crippen molar-refractivity contribution < 1.29 is 38.9 Å². The predicted octanol–water partition coefficient (Wildman–Crippen LogP) is 7.17. The zero-order chi connectivity index (χ0) is 41.6. The number of carbonyl (C=O) groups is 5. The minimum atomic E-state index is -1.00. The molecule has 0 bridgehead atoms. The molecule has 1 aliphatic rings. The fourth-order valence-corrected chi connectivity index (χ4v) is 6.57. The largest absolute Gasteiger partial charge is 0.481 e. The second-order valence-electron chi connectivity index (χ2n) is 14.8. The first-order valence-electron chi connectivity index (χ1n) is 19.9. The minimum Gasteiger partial charge on any atom is -0.481 e. The molecule has 306 valence electrons. The maximum absolute atomic E-state index is 13.8. The number of nitrogens with one attached hydrogen (secondary N) is 2. The number of likely N-dealkylation sites (N-methyl/N-ethyl adjacent to an activating group) is 1. The third-order valence-corrected chi connectivity index (χ3v) is 10.3. The van der Waals surface area contributed by atoms with E-state index in [2.05, 4.69) is 34.4 Å². The molecule has 0 atom stereocenters. The summed E-state index contributed by atoms with van der Waals surface area (Å²) in [5.74, 6) is -2.34. The quantitative estimate of drug-likeness (QED) is 0.0638. The molecule has 1 saturated carbocycles. The van der Waals surface area contributed by atoms with Crippen molar-refractivity contribution in [3.8, 4) is 5.88 Å². The van der Waals surface area contributed by atoms with E-state index in [9.17, 15) is 24.0 Å². The first kappa shape index (κ1) is 43.1. The Morgan fingerprint density at radius 3 is 2.07 bits per heavy atom. The fourth-order valence-electron chi connectivity index (χ4n) is 6.57. The number of anilines is 2. The van der Waals surface area contributed by atoms with Crippen molar-refractivity contribution in [1.82, 2.24) is 14.8 Å². The molecule has 3 amide bonds. The van der Waals surface area contributed by atoms with Crippen molar-refractivity contribution in [3.63, 3.8) is 0 Å². The Morgan fingerprint density at radius 2 is 1.45 bits per heavy atom. The lowest BCUT2D eigenvalue weighted by atomic mass is 10.0. The number of hydrogen-bond acceptors (Lipinski definition) is 8. The lowest BCUT2D eigenvalue weighted by Crippen LogP contribution is -2.41. The van der Waals surface area contributed by atoms with Gasteiger partial charge in [-0.25, -0.2) is 9.78 Å². The highest BCUT2D eigenvalue weighted by molar-refractivity contribution is 6.11. The molecule has 0 unspecified atom stereocenters. The van der Waals surface area contributed by atoms with Crippen LogP contribution in [0.25, 0.3) is 0 Å². The van der Waals surface area contributed by atoms with Crippen LogP contribution in [-0.2, 0) is 29.0 Å². The smallest absolute Gasteiger partial charge is 0.335 e. The van der Waals surface area contributed by atoms with Crippen molar-refractivity contribution in [2.24, 2.45) is 5.92 Å². The van der Waals surface area contributed by atoms with Crippen LogP contribution in [-0.4, -0.2) is 87.4 Å². The van der Waals surface area contributed by atoms with Crippen LogP contribution < -0.4 is 15.4 Å². The Hall–Kier alpha value is -6.08. The molecule has 1 fully saturated rings. The average molecular weight is 792 g/mol. The predicted molar refractivity (Wildman–Crippen MR) is 221 cm³/mol. The summed E-state index contributed by atoms with van der Waals surface area (Å²) in [5.41, 5.74) is 4.40. The molecule has 1 heterocycles. The van der Waals surface area contributed by atoms with Gasteiger partial charge < -0.3 is 30.5 Å². The summed E-state index contributed by atoms with van der Waals surface area (Å²) in [4.78, 5) is 70.5. The summed E-state index contributed by atoms with van der Waals surface area (Å²) in [6.07, 6.45) is 5.16. The molecular weight excluding hydrogens is 739 g/mol. The summed E-state index contributed by atoms with van der Waals surface area (Å²) < 4.78 is 5.89. The molecule has 1 aliphatic carbocycles. The normalized spacial score (nSPS) is 12.3. The highest BCUT2D eigenvalue weighted by Crippen LogP contribution is 2.30. The van der Waals surface area contributed by atoms with Gasteiger partial charge >= 0.3 is 11.9 Å². The number of rotatable bonds is 22. The number of aromatic nitrogens is 1. The number of benzene rings is 3. The minimum absolute atomic E-state index is 0.00798. The van der Waals surface area contributed by atoms with Crippen LogP contribution in [0.15, 0.2) is 84.9 Å². The first-order chi connectivity index (χ1) is 27.9. The molecule has 0 saturated heterocycles. The first-order valence-corrected chi connectivity index (χ1v) is 19.9.